The summed E-state index contributed by atoms with van der Waals surface area (Å²) in [6.45, 7) is 3.20. The van der Waals surface area contributed by atoms with Gasteiger partial charge in [0.05, 0.1) is 17.8 Å². The van der Waals surface area contributed by atoms with Gasteiger partial charge in [-0.05, 0) is 30.7 Å². The van der Waals surface area contributed by atoms with Crippen molar-refractivity contribution >= 4 is 17.5 Å². The molecule has 0 aliphatic rings. The van der Waals surface area contributed by atoms with E-state index in [0.717, 1.165) is 18.6 Å². The molecule has 22 heavy (non-hydrogen) atoms. The third-order valence-electron chi connectivity index (χ3n) is 3.25. The summed E-state index contributed by atoms with van der Waals surface area (Å²) in [6.07, 6.45) is 3.57. The fourth-order valence-electron chi connectivity index (χ4n) is 2.02. The summed E-state index contributed by atoms with van der Waals surface area (Å²) < 4.78 is 10.8. The Hall–Kier alpha value is -1.94. The number of furan rings is 1. The maximum absolute atomic E-state index is 12.4. The van der Waals surface area contributed by atoms with Crippen molar-refractivity contribution in [2.24, 2.45) is 0 Å². The van der Waals surface area contributed by atoms with Crippen LogP contribution in [0.15, 0.2) is 47.1 Å². The maximum Gasteiger partial charge on any atom is 0.260 e. The fourth-order valence-corrected chi connectivity index (χ4v) is 2.21. The zero-order chi connectivity index (χ0) is 15.8. The second-order valence-electron chi connectivity index (χ2n) is 4.97. The highest BCUT2D eigenvalue weighted by molar-refractivity contribution is 6.32. The van der Waals surface area contributed by atoms with Crippen LogP contribution in [0.5, 0.6) is 5.75 Å². The van der Waals surface area contributed by atoms with Gasteiger partial charge in [-0.1, -0.05) is 37.1 Å². The van der Waals surface area contributed by atoms with E-state index in [1.165, 1.54) is 0 Å². The summed E-state index contributed by atoms with van der Waals surface area (Å²) in [5.74, 6) is 1.21. The molecule has 0 radical (unpaired) electrons. The number of hydrogen-bond acceptors (Lipinski definition) is 3. The maximum atomic E-state index is 12.4. The van der Waals surface area contributed by atoms with Gasteiger partial charge in [0.1, 0.15) is 11.5 Å². The van der Waals surface area contributed by atoms with E-state index in [0.29, 0.717) is 23.9 Å². The number of carbonyl (C=O) groups excluding carboxylic acids is 1. The Kier molecular flexibility index (Phi) is 6.34. The van der Waals surface area contributed by atoms with Crippen molar-refractivity contribution in [3.63, 3.8) is 0 Å². The minimum atomic E-state index is -0.0789. The molecule has 5 heteroatoms. The molecule has 0 spiro atoms. The molecule has 4 nitrogen and oxygen atoms in total. The van der Waals surface area contributed by atoms with Gasteiger partial charge in [-0.25, -0.2) is 0 Å². The molecule has 2 aromatic rings. The second-order valence-corrected chi connectivity index (χ2v) is 5.37. The minimum Gasteiger partial charge on any atom is -0.482 e. The summed E-state index contributed by atoms with van der Waals surface area (Å²) in [4.78, 5) is 14.1. The van der Waals surface area contributed by atoms with Gasteiger partial charge in [0.15, 0.2) is 6.61 Å². The highest BCUT2D eigenvalue weighted by Crippen LogP contribution is 2.23. The van der Waals surface area contributed by atoms with Crippen molar-refractivity contribution in [1.29, 1.82) is 0 Å². The van der Waals surface area contributed by atoms with Crippen LogP contribution in [0.4, 0.5) is 0 Å². The minimum absolute atomic E-state index is 0.0336. The van der Waals surface area contributed by atoms with Crippen LogP contribution in [0.3, 0.4) is 0 Å². The Morgan fingerprint density at radius 3 is 2.77 bits per heavy atom. The Bertz CT molecular complexity index is 583. The average molecular weight is 322 g/mol. The predicted molar refractivity (Wildman–Crippen MR) is 86.0 cm³/mol. The summed E-state index contributed by atoms with van der Waals surface area (Å²) >= 11 is 6.02. The van der Waals surface area contributed by atoms with Crippen LogP contribution in [-0.2, 0) is 11.3 Å². The van der Waals surface area contributed by atoms with Crippen molar-refractivity contribution in [2.45, 2.75) is 26.3 Å². The first-order chi connectivity index (χ1) is 10.7. The normalized spacial score (nSPS) is 10.5. The number of ether oxygens (including phenoxy) is 1. The molecule has 0 N–H and O–H groups in total. The van der Waals surface area contributed by atoms with E-state index in [1.807, 2.05) is 24.3 Å². The lowest BCUT2D eigenvalue weighted by Gasteiger charge is -2.21. The number of rotatable bonds is 8. The molecule has 1 amide bonds. The summed E-state index contributed by atoms with van der Waals surface area (Å²) in [7, 11) is 0. The van der Waals surface area contributed by atoms with E-state index in [9.17, 15) is 4.79 Å². The quantitative estimate of drug-likeness (QED) is 0.734. The number of halogens is 1. The van der Waals surface area contributed by atoms with Gasteiger partial charge in [-0.3, -0.25) is 4.79 Å². The average Bonchev–Trinajstić information content (AvgIpc) is 3.03. The second kappa shape index (κ2) is 8.49. The molecule has 2 rings (SSSR count). The van der Waals surface area contributed by atoms with Gasteiger partial charge in [-0.2, -0.15) is 0 Å². The molecule has 0 aliphatic heterocycles. The lowest BCUT2D eigenvalue weighted by Crippen LogP contribution is -2.35. The van der Waals surface area contributed by atoms with Crippen molar-refractivity contribution in [2.75, 3.05) is 13.2 Å². The van der Waals surface area contributed by atoms with Crippen LogP contribution < -0.4 is 4.74 Å². The van der Waals surface area contributed by atoms with Gasteiger partial charge < -0.3 is 14.1 Å². The predicted octanol–water partition coefficient (Wildman–Crippen LogP) is 4.14. The van der Waals surface area contributed by atoms with E-state index in [-0.39, 0.29) is 12.5 Å². The lowest BCUT2D eigenvalue weighted by molar-refractivity contribution is -0.134. The SMILES string of the molecule is CCCCN(Cc1ccco1)C(=O)COc1ccccc1Cl. The zero-order valence-electron chi connectivity index (χ0n) is 12.6. The molecule has 1 aromatic carbocycles. The van der Waals surface area contributed by atoms with Crippen molar-refractivity contribution < 1.29 is 13.9 Å². The monoisotopic (exact) mass is 321 g/mol. The van der Waals surface area contributed by atoms with E-state index in [4.69, 9.17) is 20.8 Å². The number of nitrogens with zero attached hydrogens (tertiary/aromatic N) is 1. The van der Waals surface area contributed by atoms with Crippen LogP contribution >= 0.6 is 11.6 Å². The molecule has 1 aromatic heterocycles. The van der Waals surface area contributed by atoms with Gasteiger partial charge in [0.2, 0.25) is 0 Å². The van der Waals surface area contributed by atoms with E-state index in [1.54, 1.807) is 23.3 Å². The molecular weight excluding hydrogens is 302 g/mol. The van der Waals surface area contributed by atoms with Crippen molar-refractivity contribution in [3.8, 4) is 5.75 Å². The van der Waals surface area contributed by atoms with Crippen molar-refractivity contribution in [3.05, 3.63) is 53.4 Å². The van der Waals surface area contributed by atoms with Gasteiger partial charge in [0, 0.05) is 6.54 Å². The number of carbonyl (C=O) groups is 1. The van der Waals surface area contributed by atoms with Crippen LogP contribution in [0.2, 0.25) is 5.02 Å². The molecule has 0 fully saturated rings. The molecule has 0 atom stereocenters. The van der Waals surface area contributed by atoms with Gasteiger partial charge in [-0.15, -0.1) is 0 Å². The highest BCUT2D eigenvalue weighted by atomic mass is 35.5. The third kappa shape index (κ3) is 4.81. The number of para-hydroxylation sites is 1. The van der Waals surface area contributed by atoms with Crippen LogP contribution in [0.1, 0.15) is 25.5 Å². The molecular formula is C17H20ClNO3. The third-order valence-corrected chi connectivity index (χ3v) is 3.56. The van der Waals surface area contributed by atoms with E-state index < -0.39 is 0 Å². The molecule has 0 aliphatic carbocycles. The molecule has 0 bridgehead atoms. The largest absolute Gasteiger partial charge is 0.482 e. The topological polar surface area (TPSA) is 42.7 Å². The lowest BCUT2D eigenvalue weighted by atomic mass is 10.3. The van der Waals surface area contributed by atoms with Crippen LogP contribution in [0, 0.1) is 0 Å². The molecule has 118 valence electrons. The Balaban J connectivity index is 1.94. The first-order valence-electron chi connectivity index (χ1n) is 7.38. The zero-order valence-corrected chi connectivity index (χ0v) is 13.4. The molecule has 0 saturated heterocycles. The van der Waals surface area contributed by atoms with Crippen LogP contribution in [0.25, 0.3) is 0 Å². The standard InChI is InChI=1S/C17H20ClNO3/c1-2-3-10-19(12-14-7-6-11-21-14)17(20)13-22-16-9-5-4-8-15(16)18/h4-9,11H,2-3,10,12-13H2,1H3. The molecule has 1 heterocycles. The number of unbranched alkanes of at least 4 members (excludes halogenated alkanes) is 1. The highest BCUT2D eigenvalue weighted by Gasteiger charge is 2.16. The molecule has 0 saturated carbocycles. The van der Waals surface area contributed by atoms with E-state index >= 15 is 0 Å². The number of amides is 1. The van der Waals surface area contributed by atoms with Gasteiger partial charge in [0.25, 0.3) is 5.91 Å². The first kappa shape index (κ1) is 16.4. The Morgan fingerprint density at radius 2 is 2.09 bits per heavy atom. The van der Waals surface area contributed by atoms with E-state index in [2.05, 4.69) is 6.92 Å². The Morgan fingerprint density at radius 1 is 1.27 bits per heavy atom. The van der Waals surface area contributed by atoms with Crippen LogP contribution in [-0.4, -0.2) is 24.0 Å². The van der Waals surface area contributed by atoms with Gasteiger partial charge >= 0.3 is 0 Å². The first-order valence-corrected chi connectivity index (χ1v) is 7.76. The fraction of sp³-hybridized carbons (Fsp3) is 0.353. The summed E-state index contributed by atoms with van der Waals surface area (Å²) in [5.41, 5.74) is 0. The summed E-state index contributed by atoms with van der Waals surface area (Å²) in [6, 6.07) is 10.8. The smallest absolute Gasteiger partial charge is 0.260 e. The summed E-state index contributed by atoms with van der Waals surface area (Å²) in [5, 5.41) is 0.501. The van der Waals surface area contributed by atoms with Crippen molar-refractivity contribution in [1.82, 2.24) is 4.90 Å². The number of benzene rings is 1. The number of hydrogen-bond donors (Lipinski definition) is 0. The molecule has 0 unspecified atom stereocenters. The Labute approximate surface area is 135 Å².